The highest BCUT2D eigenvalue weighted by Crippen LogP contribution is 2.29. The first-order valence-corrected chi connectivity index (χ1v) is 7.16. The number of nitrogens with zero attached hydrogens (tertiary/aromatic N) is 4. The first kappa shape index (κ1) is 14.7. The Morgan fingerprint density at radius 3 is 2.65 bits per heavy atom. The number of aliphatic imine (C=N–C) groups is 1. The smallest absolute Gasteiger partial charge is 0.276 e. The second-order valence-corrected chi connectivity index (χ2v) is 4.91. The first-order valence-electron chi connectivity index (χ1n) is 7.16. The van der Waals surface area contributed by atoms with Gasteiger partial charge in [0.25, 0.3) is 5.96 Å². The lowest BCUT2D eigenvalue weighted by molar-refractivity contribution is -0.485. The second-order valence-electron chi connectivity index (χ2n) is 4.91. The summed E-state index contributed by atoms with van der Waals surface area (Å²) in [6, 6.07) is 17.7. The molecule has 0 amide bonds. The topological polar surface area (TPSA) is 83.1 Å². The number of hydrogen-bond acceptors (Lipinski definition) is 3. The van der Waals surface area contributed by atoms with Crippen LogP contribution in [0.25, 0.3) is 11.1 Å². The average molecular weight is 309 g/mol. The Hall–Kier alpha value is -3.22. The van der Waals surface area contributed by atoms with Crippen molar-refractivity contribution in [2.45, 2.75) is 0 Å². The minimum absolute atomic E-state index is 0.205. The fourth-order valence-electron chi connectivity index (χ4n) is 2.36. The summed E-state index contributed by atoms with van der Waals surface area (Å²) < 4.78 is 0. The number of rotatable bonds is 4. The van der Waals surface area contributed by atoms with E-state index in [0.717, 1.165) is 16.8 Å². The number of nitrogens with one attached hydrogen (secondary N) is 1. The van der Waals surface area contributed by atoms with Gasteiger partial charge in [0.1, 0.15) is 5.10 Å². The molecule has 0 bridgehead atoms. The quantitative estimate of drug-likeness (QED) is 0.407. The maximum atomic E-state index is 10.5. The van der Waals surface area contributed by atoms with Gasteiger partial charge in [0.15, 0.2) is 5.03 Å². The molecule has 0 radical (unpaired) electrons. The van der Waals surface area contributed by atoms with Crippen molar-refractivity contribution in [3.8, 4) is 11.1 Å². The Morgan fingerprint density at radius 2 is 1.87 bits per heavy atom. The SMILES string of the molecule is O=[N+]([O-])/N=C1\NCCN1/C=N/c1ccccc1-c1ccccc1. The normalized spacial score (nSPS) is 16.0. The van der Waals surface area contributed by atoms with E-state index in [-0.39, 0.29) is 5.96 Å². The summed E-state index contributed by atoms with van der Waals surface area (Å²) >= 11 is 0. The van der Waals surface area contributed by atoms with Crippen LogP contribution in [-0.2, 0) is 0 Å². The molecule has 2 aromatic rings. The fraction of sp³-hybridized carbons (Fsp3) is 0.125. The van der Waals surface area contributed by atoms with Crippen LogP contribution in [0.2, 0.25) is 0 Å². The summed E-state index contributed by atoms with van der Waals surface area (Å²) in [7, 11) is 0. The zero-order valence-electron chi connectivity index (χ0n) is 12.3. The highest BCUT2D eigenvalue weighted by Gasteiger charge is 2.19. The number of nitro groups is 1. The maximum Gasteiger partial charge on any atom is 0.276 e. The minimum Gasteiger partial charge on any atom is -0.349 e. The van der Waals surface area contributed by atoms with E-state index >= 15 is 0 Å². The Morgan fingerprint density at radius 1 is 1.13 bits per heavy atom. The Balaban J connectivity index is 1.88. The van der Waals surface area contributed by atoms with Crippen molar-refractivity contribution >= 4 is 18.0 Å². The van der Waals surface area contributed by atoms with Gasteiger partial charge in [0, 0.05) is 18.7 Å². The molecular formula is C16H15N5O2. The Bertz CT molecular complexity index is 758. The second kappa shape index (κ2) is 6.69. The monoisotopic (exact) mass is 309 g/mol. The van der Waals surface area contributed by atoms with Crippen molar-refractivity contribution in [1.29, 1.82) is 0 Å². The molecule has 7 heteroatoms. The van der Waals surface area contributed by atoms with Gasteiger partial charge in [-0.15, -0.1) is 0 Å². The molecule has 23 heavy (non-hydrogen) atoms. The van der Waals surface area contributed by atoms with E-state index in [1.165, 1.54) is 0 Å². The van der Waals surface area contributed by atoms with Crippen LogP contribution in [0.5, 0.6) is 0 Å². The Labute approximate surface area is 133 Å². The lowest BCUT2D eigenvalue weighted by atomic mass is 10.0. The summed E-state index contributed by atoms with van der Waals surface area (Å²) in [5.41, 5.74) is 2.87. The van der Waals surface area contributed by atoms with Crippen molar-refractivity contribution in [3.05, 3.63) is 64.7 Å². The van der Waals surface area contributed by atoms with E-state index < -0.39 is 5.03 Å². The van der Waals surface area contributed by atoms with Gasteiger partial charge >= 0.3 is 0 Å². The predicted octanol–water partition coefficient (Wildman–Crippen LogP) is 2.47. The van der Waals surface area contributed by atoms with Crippen LogP contribution in [-0.4, -0.2) is 35.3 Å². The molecule has 0 aliphatic carbocycles. The fourth-order valence-corrected chi connectivity index (χ4v) is 2.36. The standard InChI is InChI=1S/C16H15N5O2/c22-21(23)19-16-17-10-11-20(16)12-18-15-9-5-4-8-14(15)13-6-2-1-3-7-13/h1-9,12H,10-11H2,(H,17,19)/b18-12+. The van der Waals surface area contributed by atoms with Gasteiger partial charge in [0.05, 0.1) is 12.0 Å². The van der Waals surface area contributed by atoms with E-state index in [0.29, 0.717) is 13.1 Å². The number of para-hydroxylation sites is 1. The van der Waals surface area contributed by atoms with Gasteiger partial charge < -0.3 is 5.32 Å². The molecule has 7 nitrogen and oxygen atoms in total. The zero-order valence-corrected chi connectivity index (χ0v) is 12.3. The van der Waals surface area contributed by atoms with Crippen LogP contribution < -0.4 is 5.32 Å². The highest BCUT2D eigenvalue weighted by molar-refractivity contribution is 5.92. The van der Waals surface area contributed by atoms with Crippen molar-refractivity contribution in [1.82, 2.24) is 10.2 Å². The Kier molecular flexibility index (Phi) is 4.28. The van der Waals surface area contributed by atoms with E-state index in [4.69, 9.17) is 0 Å². The molecule has 116 valence electrons. The number of hydrazone groups is 1. The van der Waals surface area contributed by atoms with Gasteiger partial charge in [-0.2, -0.15) is 0 Å². The summed E-state index contributed by atoms with van der Waals surface area (Å²) in [4.78, 5) is 16.6. The van der Waals surface area contributed by atoms with Gasteiger partial charge in [-0.25, -0.2) is 15.1 Å². The molecule has 1 heterocycles. The minimum atomic E-state index is -0.716. The lowest BCUT2D eigenvalue weighted by Gasteiger charge is -2.09. The van der Waals surface area contributed by atoms with E-state index in [1.807, 2.05) is 54.6 Å². The van der Waals surface area contributed by atoms with Gasteiger partial charge in [-0.1, -0.05) is 48.5 Å². The average Bonchev–Trinajstić information content (AvgIpc) is 3.00. The summed E-state index contributed by atoms with van der Waals surface area (Å²) in [6.45, 7) is 1.18. The summed E-state index contributed by atoms with van der Waals surface area (Å²) in [5.74, 6) is 0.205. The van der Waals surface area contributed by atoms with E-state index in [9.17, 15) is 10.1 Å². The number of benzene rings is 2. The third kappa shape index (κ3) is 3.52. The molecule has 2 aromatic carbocycles. The molecule has 0 aromatic heterocycles. The van der Waals surface area contributed by atoms with E-state index in [1.54, 1.807) is 11.2 Å². The molecule has 1 aliphatic rings. The van der Waals surface area contributed by atoms with Crippen LogP contribution >= 0.6 is 0 Å². The van der Waals surface area contributed by atoms with Crippen LogP contribution in [0.15, 0.2) is 64.7 Å². The maximum absolute atomic E-state index is 10.5. The zero-order chi connectivity index (χ0) is 16.1. The van der Waals surface area contributed by atoms with Gasteiger partial charge in [-0.3, -0.25) is 4.90 Å². The highest BCUT2D eigenvalue weighted by atomic mass is 16.7. The molecule has 0 spiro atoms. The molecule has 1 N–H and O–H groups in total. The number of hydrogen-bond donors (Lipinski definition) is 1. The molecule has 1 fully saturated rings. The van der Waals surface area contributed by atoms with Crippen LogP contribution in [0.4, 0.5) is 5.69 Å². The van der Waals surface area contributed by atoms with Gasteiger partial charge in [0.2, 0.25) is 0 Å². The summed E-state index contributed by atoms with van der Waals surface area (Å²) in [6.07, 6.45) is 1.57. The molecule has 0 saturated carbocycles. The molecular weight excluding hydrogens is 294 g/mol. The van der Waals surface area contributed by atoms with Crippen LogP contribution in [0.3, 0.4) is 0 Å². The third-order valence-corrected chi connectivity index (χ3v) is 3.41. The molecule has 1 saturated heterocycles. The largest absolute Gasteiger partial charge is 0.349 e. The van der Waals surface area contributed by atoms with Gasteiger partial charge in [-0.05, 0) is 11.6 Å². The summed E-state index contributed by atoms with van der Waals surface area (Å²) in [5, 5.41) is 16.0. The van der Waals surface area contributed by atoms with Crippen molar-refractivity contribution in [2.24, 2.45) is 10.1 Å². The number of guanidine groups is 1. The first-order chi connectivity index (χ1) is 11.2. The predicted molar refractivity (Wildman–Crippen MR) is 89.2 cm³/mol. The molecule has 1 aliphatic heterocycles. The van der Waals surface area contributed by atoms with Crippen molar-refractivity contribution in [3.63, 3.8) is 0 Å². The van der Waals surface area contributed by atoms with Crippen LogP contribution in [0, 0.1) is 10.1 Å². The van der Waals surface area contributed by atoms with Crippen molar-refractivity contribution in [2.75, 3.05) is 13.1 Å². The molecule has 0 unspecified atom stereocenters. The molecule has 0 atom stereocenters. The van der Waals surface area contributed by atoms with Crippen molar-refractivity contribution < 1.29 is 5.03 Å². The third-order valence-electron chi connectivity index (χ3n) is 3.41. The lowest BCUT2D eigenvalue weighted by Crippen LogP contribution is -2.29. The van der Waals surface area contributed by atoms with Crippen LogP contribution in [0.1, 0.15) is 0 Å². The molecule has 3 rings (SSSR count). The van der Waals surface area contributed by atoms with E-state index in [2.05, 4.69) is 15.4 Å².